The van der Waals surface area contributed by atoms with Crippen molar-refractivity contribution >= 4 is 31.8 Å². The summed E-state index contributed by atoms with van der Waals surface area (Å²) in [6, 6.07) is 5.84. The Morgan fingerprint density at radius 1 is 0.583 bits per heavy atom. The van der Waals surface area contributed by atoms with Crippen LogP contribution in [0.4, 0.5) is 0 Å². The minimum absolute atomic E-state index is 0.0699. The van der Waals surface area contributed by atoms with Crippen LogP contribution < -0.4 is 0 Å². The van der Waals surface area contributed by atoms with Crippen LogP contribution in [0.3, 0.4) is 0 Å². The van der Waals surface area contributed by atoms with Crippen LogP contribution in [0.5, 0.6) is 0 Å². The van der Waals surface area contributed by atoms with Gasteiger partial charge < -0.3 is 0 Å². The number of benzene rings is 2. The van der Waals surface area contributed by atoms with Gasteiger partial charge in [-0.05, 0) is 36.4 Å². The van der Waals surface area contributed by atoms with Gasteiger partial charge in [-0.1, -0.05) is 0 Å². The fourth-order valence-corrected chi connectivity index (χ4v) is 3.44. The van der Waals surface area contributed by atoms with Crippen LogP contribution in [0, 0.1) is 0 Å². The van der Waals surface area contributed by atoms with E-state index in [0.29, 0.717) is 0 Å². The third-order valence-electron chi connectivity index (χ3n) is 3.56. The first-order valence-corrected chi connectivity index (χ1v) is 9.20. The van der Waals surface area contributed by atoms with E-state index in [0.717, 1.165) is 36.4 Å². The summed E-state index contributed by atoms with van der Waals surface area (Å²) in [7, 11) is -9.17. The molecule has 0 heterocycles. The first kappa shape index (κ1) is 16.5. The largest absolute Gasteiger partial charge is 0.294 e. The van der Waals surface area contributed by atoms with Crippen LogP contribution in [0.1, 0.15) is 31.8 Å². The molecule has 3 rings (SSSR count). The highest BCUT2D eigenvalue weighted by Gasteiger charge is 2.32. The van der Waals surface area contributed by atoms with E-state index in [4.69, 9.17) is 9.11 Å². The maximum Gasteiger partial charge on any atom is 0.294 e. The number of hydrogen-bond acceptors (Lipinski definition) is 6. The van der Waals surface area contributed by atoms with Crippen molar-refractivity contribution in [2.45, 2.75) is 9.79 Å². The van der Waals surface area contributed by atoms with Crippen molar-refractivity contribution < 1.29 is 35.5 Å². The number of carbonyl (C=O) groups is 2. The molecule has 2 aromatic carbocycles. The van der Waals surface area contributed by atoms with E-state index in [2.05, 4.69) is 0 Å². The zero-order chi connectivity index (χ0) is 17.9. The average molecular weight is 368 g/mol. The maximum atomic E-state index is 12.5. The Hall–Kier alpha value is -2.40. The molecule has 0 bridgehead atoms. The average Bonchev–Trinajstić information content (AvgIpc) is 2.49. The van der Waals surface area contributed by atoms with E-state index >= 15 is 0 Å². The van der Waals surface area contributed by atoms with Gasteiger partial charge in [-0.2, -0.15) is 16.8 Å². The van der Waals surface area contributed by atoms with Crippen LogP contribution in [-0.4, -0.2) is 37.5 Å². The van der Waals surface area contributed by atoms with Gasteiger partial charge in [0.2, 0.25) is 0 Å². The highest BCUT2D eigenvalue weighted by atomic mass is 32.2. The quantitative estimate of drug-likeness (QED) is 0.637. The van der Waals surface area contributed by atoms with Gasteiger partial charge in [0.15, 0.2) is 11.6 Å². The second kappa shape index (κ2) is 5.05. The number of carbonyl (C=O) groups excluding carboxylic acids is 2. The fraction of sp³-hybridized carbons (Fsp3) is 0. The molecule has 0 radical (unpaired) electrons. The zero-order valence-corrected chi connectivity index (χ0v) is 13.3. The van der Waals surface area contributed by atoms with Crippen molar-refractivity contribution in [2.75, 3.05) is 0 Å². The summed E-state index contributed by atoms with van der Waals surface area (Å²) in [5.74, 6) is -1.40. The summed E-state index contributed by atoms with van der Waals surface area (Å²) < 4.78 is 62.8. The molecule has 0 atom stereocenters. The van der Waals surface area contributed by atoms with Crippen molar-refractivity contribution in [1.29, 1.82) is 0 Å². The molecule has 0 unspecified atom stereocenters. The lowest BCUT2D eigenvalue weighted by Gasteiger charge is -2.18. The Bertz CT molecular complexity index is 1040. The second-order valence-corrected chi connectivity index (χ2v) is 7.87. The second-order valence-electron chi connectivity index (χ2n) is 5.02. The molecular weight excluding hydrogens is 360 g/mol. The van der Waals surface area contributed by atoms with E-state index in [1.807, 2.05) is 0 Å². The topological polar surface area (TPSA) is 143 Å². The normalized spacial score (nSPS) is 14.2. The molecule has 0 spiro atoms. The van der Waals surface area contributed by atoms with Gasteiger partial charge in [-0.15, -0.1) is 0 Å². The van der Waals surface area contributed by atoms with Gasteiger partial charge in [0.25, 0.3) is 20.2 Å². The lowest BCUT2D eigenvalue weighted by Crippen LogP contribution is -2.22. The summed E-state index contributed by atoms with van der Waals surface area (Å²) >= 11 is 0. The van der Waals surface area contributed by atoms with Crippen molar-refractivity contribution in [3.8, 4) is 0 Å². The minimum Gasteiger partial charge on any atom is -0.289 e. The van der Waals surface area contributed by atoms with Crippen molar-refractivity contribution in [3.05, 3.63) is 58.7 Å². The van der Waals surface area contributed by atoms with Crippen LogP contribution in [0.2, 0.25) is 0 Å². The van der Waals surface area contributed by atoms with Crippen molar-refractivity contribution in [1.82, 2.24) is 0 Å². The van der Waals surface area contributed by atoms with E-state index in [1.54, 1.807) is 0 Å². The third kappa shape index (κ3) is 2.55. The first-order valence-electron chi connectivity index (χ1n) is 6.32. The Morgan fingerprint density at radius 3 is 1.25 bits per heavy atom. The summed E-state index contributed by atoms with van der Waals surface area (Å²) in [5.41, 5.74) is -0.704. The van der Waals surface area contributed by atoms with Gasteiger partial charge in [-0.25, -0.2) is 0 Å². The standard InChI is InChI=1S/C14H8O8S2/c15-13-9-3-1-7(23(17,18)19)5-11(9)14(16)12-6-8(24(20,21)22)2-4-10(12)13/h1-6H,(H,17,18,19)(H,20,21,22). The zero-order valence-electron chi connectivity index (χ0n) is 11.6. The van der Waals surface area contributed by atoms with Gasteiger partial charge in [0.1, 0.15) is 0 Å². The molecular formula is C14H8O8S2. The molecule has 10 heteroatoms. The molecule has 0 saturated carbocycles. The molecule has 0 saturated heterocycles. The Balaban J connectivity index is 2.27. The lowest BCUT2D eigenvalue weighted by molar-refractivity contribution is 0.0978. The minimum atomic E-state index is -4.59. The molecule has 8 nitrogen and oxygen atoms in total. The van der Waals surface area contributed by atoms with Gasteiger partial charge in [0, 0.05) is 22.3 Å². The van der Waals surface area contributed by atoms with Crippen LogP contribution in [-0.2, 0) is 20.2 Å². The monoisotopic (exact) mass is 368 g/mol. The number of hydrogen-bond donors (Lipinski definition) is 2. The van der Waals surface area contributed by atoms with Gasteiger partial charge in [-0.3, -0.25) is 18.7 Å². The smallest absolute Gasteiger partial charge is 0.289 e. The summed E-state index contributed by atoms with van der Waals surface area (Å²) in [6.07, 6.45) is 0. The highest BCUT2D eigenvalue weighted by Crippen LogP contribution is 2.30. The SMILES string of the molecule is O=C1c2ccc(S(=O)(=O)O)cc2C(=O)c2cc(S(=O)(=O)O)ccc21. The molecule has 0 amide bonds. The Kier molecular flexibility index (Phi) is 3.46. The summed E-state index contributed by atoms with van der Waals surface area (Å²) in [6.45, 7) is 0. The van der Waals surface area contributed by atoms with Crippen LogP contribution in [0.15, 0.2) is 46.2 Å². The molecule has 1 aliphatic rings. The van der Waals surface area contributed by atoms with E-state index in [-0.39, 0.29) is 22.3 Å². The predicted molar refractivity (Wildman–Crippen MR) is 79.4 cm³/mol. The highest BCUT2D eigenvalue weighted by molar-refractivity contribution is 7.86. The molecule has 0 aromatic heterocycles. The third-order valence-corrected chi connectivity index (χ3v) is 5.26. The molecule has 0 fully saturated rings. The lowest BCUT2D eigenvalue weighted by atomic mass is 9.84. The molecule has 1 aliphatic carbocycles. The molecule has 2 aromatic rings. The van der Waals surface area contributed by atoms with E-state index < -0.39 is 41.6 Å². The Labute approximate surface area is 136 Å². The van der Waals surface area contributed by atoms with Crippen LogP contribution >= 0.6 is 0 Å². The van der Waals surface area contributed by atoms with Crippen molar-refractivity contribution in [3.63, 3.8) is 0 Å². The van der Waals surface area contributed by atoms with E-state index in [9.17, 15) is 26.4 Å². The summed E-state index contributed by atoms with van der Waals surface area (Å²) in [5, 5.41) is 0. The number of rotatable bonds is 2. The number of ketones is 2. The van der Waals surface area contributed by atoms with Crippen LogP contribution in [0.25, 0.3) is 0 Å². The van der Waals surface area contributed by atoms with Gasteiger partial charge in [0.05, 0.1) is 9.79 Å². The molecule has 24 heavy (non-hydrogen) atoms. The maximum absolute atomic E-state index is 12.5. The fourth-order valence-electron chi connectivity index (χ4n) is 2.43. The molecule has 124 valence electrons. The Morgan fingerprint density at radius 2 is 0.917 bits per heavy atom. The first-order chi connectivity index (χ1) is 11.0. The molecule has 0 aliphatic heterocycles. The van der Waals surface area contributed by atoms with E-state index in [1.165, 1.54) is 0 Å². The summed E-state index contributed by atoms with van der Waals surface area (Å²) in [4.78, 5) is 23.8. The van der Waals surface area contributed by atoms with Crippen molar-refractivity contribution in [2.24, 2.45) is 0 Å². The number of fused-ring (bicyclic) bond motifs is 2. The predicted octanol–water partition coefficient (Wildman–Crippen LogP) is 0.955. The molecule has 2 N–H and O–H groups in total. The van der Waals surface area contributed by atoms with Gasteiger partial charge >= 0.3 is 0 Å².